The maximum absolute atomic E-state index is 13.4. The Balaban J connectivity index is 1.50. The van der Waals surface area contributed by atoms with Crippen LogP contribution in [0.2, 0.25) is 0 Å². The molecule has 3 heterocycles. The summed E-state index contributed by atoms with van der Waals surface area (Å²) < 4.78 is 5.23. The van der Waals surface area contributed by atoms with Crippen LogP contribution in [0, 0.1) is 12.3 Å². The standard InChI is InChI=1S/C21H31N3O3/c1-15-12-19(27-2)22-13-18(15)23-10-3-8-21(14-23)9-11-24(20(21)26)16-4-6-17(25)7-5-16/h12-13,16-17,25H,3-11,14H2,1-2H3/t16?,17?,21-/m1/s1. The third-order valence-corrected chi connectivity index (χ3v) is 6.84. The van der Waals surface area contributed by atoms with E-state index in [9.17, 15) is 9.90 Å². The van der Waals surface area contributed by atoms with Gasteiger partial charge in [-0.3, -0.25) is 4.79 Å². The van der Waals surface area contributed by atoms with Crippen LogP contribution in [-0.2, 0) is 4.79 Å². The molecule has 1 aliphatic carbocycles. The smallest absolute Gasteiger partial charge is 0.230 e. The number of pyridine rings is 1. The summed E-state index contributed by atoms with van der Waals surface area (Å²) in [5, 5.41) is 9.78. The molecule has 4 rings (SSSR count). The van der Waals surface area contributed by atoms with Gasteiger partial charge in [-0.05, 0) is 57.4 Å². The molecule has 1 N–H and O–H groups in total. The number of carbonyl (C=O) groups is 1. The van der Waals surface area contributed by atoms with Crippen molar-refractivity contribution in [3.05, 3.63) is 17.8 Å². The molecule has 2 aliphatic heterocycles. The first kappa shape index (κ1) is 18.5. The van der Waals surface area contributed by atoms with E-state index < -0.39 is 0 Å². The van der Waals surface area contributed by atoms with Crippen molar-refractivity contribution in [3.63, 3.8) is 0 Å². The zero-order chi connectivity index (χ0) is 19.0. The lowest BCUT2D eigenvalue weighted by atomic mass is 9.78. The highest BCUT2D eigenvalue weighted by Crippen LogP contribution is 2.43. The highest BCUT2D eigenvalue weighted by Gasteiger charge is 2.50. The van der Waals surface area contributed by atoms with Crippen LogP contribution in [0.3, 0.4) is 0 Å². The first-order valence-electron chi connectivity index (χ1n) is 10.3. The van der Waals surface area contributed by atoms with Gasteiger partial charge >= 0.3 is 0 Å². The number of likely N-dealkylation sites (tertiary alicyclic amines) is 1. The number of hydrogen-bond donors (Lipinski definition) is 1. The van der Waals surface area contributed by atoms with Crippen LogP contribution in [0.5, 0.6) is 5.88 Å². The monoisotopic (exact) mass is 373 g/mol. The van der Waals surface area contributed by atoms with Crippen molar-refractivity contribution >= 4 is 11.6 Å². The molecular weight excluding hydrogens is 342 g/mol. The van der Waals surface area contributed by atoms with E-state index in [1.807, 2.05) is 12.3 Å². The lowest BCUT2D eigenvalue weighted by Gasteiger charge is -2.41. The molecule has 1 aromatic rings. The van der Waals surface area contributed by atoms with Gasteiger partial charge in [0.1, 0.15) is 0 Å². The zero-order valence-electron chi connectivity index (χ0n) is 16.5. The van der Waals surface area contributed by atoms with E-state index in [4.69, 9.17) is 4.74 Å². The minimum Gasteiger partial charge on any atom is -0.481 e. The molecule has 6 heteroatoms. The molecule has 1 aromatic heterocycles. The Kier molecular flexibility index (Phi) is 5.01. The van der Waals surface area contributed by atoms with E-state index in [2.05, 4.69) is 21.7 Å². The number of hydrogen-bond acceptors (Lipinski definition) is 5. The normalized spacial score (nSPS) is 31.6. The highest BCUT2D eigenvalue weighted by atomic mass is 16.5. The molecule has 27 heavy (non-hydrogen) atoms. The van der Waals surface area contributed by atoms with Crippen molar-refractivity contribution in [2.75, 3.05) is 31.6 Å². The summed E-state index contributed by atoms with van der Waals surface area (Å²) in [7, 11) is 1.63. The maximum atomic E-state index is 13.4. The van der Waals surface area contributed by atoms with Crippen LogP contribution < -0.4 is 9.64 Å². The molecule has 148 valence electrons. The number of nitrogens with zero attached hydrogens (tertiary/aromatic N) is 3. The van der Waals surface area contributed by atoms with Crippen molar-refractivity contribution in [3.8, 4) is 5.88 Å². The highest BCUT2D eigenvalue weighted by molar-refractivity contribution is 5.86. The Morgan fingerprint density at radius 1 is 1.22 bits per heavy atom. The number of methoxy groups -OCH3 is 1. The summed E-state index contributed by atoms with van der Waals surface area (Å²) in [6, 6.07) is 2.28. The number of aliphatic hydroxyl groups excluding tert-OH is 1. The molecule has 3 fully saturated rings. The number of amides is 1. The van der Waals surface area contributed by atoms with E-state index in [1.54, 1.807) is 7.11 Å². The third-order valence-electron chi connectivity index (χ3n) is 6.84. The summed E-state index contributed by atoms with van der Waals surface area (Å²) in [5.74, 6) is 0.971. The first-order chi connectivity index (χ1) is 13.0. The molecule has 2 saturated heterocycles. The molecule has 1 saturated carbocycles. The quantitative estimate of drug-likeness (QED) is 0.882. The number of ether oxygens (including phenoxy) is 1. The van der Waals surface area contributed by atoms with Gasteiger partial charge in [0.25, 0.3) is 0 Å². The van der Waals surface area contributed by atoms with E-state index in [1.165, 1.54) is 0 Å². The molecule has 0 bridgehead atoms. The van der Waals surface area contributed by atoms with Gasteiger partial charge in [-0.1, -0.05) is 0 Å². The fourth-order valence-corrected chi connectivity index (χ4v) is 5.25. The third kappa shape index (κ3) is 3.40. The molecule has 1 atom stereocenters. The second-order valence-corrected chi connectivity index (χ2v) is 8.53. The molecule has 6 nitrogen and oxygen atoms in total. The fraction of sp³-hybridized carbons (Fsp3) is 0.714. The lowest BCUT2D eigenvalue weighted by molar-refractivity contribution is -0.139. The number of aromatic nitrogens is 1. The molecule has 1 amide bonds. The number of aryl methyl sites for hydroxylation is 1. The van der Waals surface area contributed by atoms with Gasteiger partial charge in [0.05, 0.1) is 30.5 Å². The number of carbonyl (C=O) groups excluding carboxylic acids is 1. The minimum absolute atomic E-state index is 0.177. The largest absolute Gasteiger partial charge is 0.481 e. The first-order valence-corrected chi connectivity index (χ1v) is 10.3. The Bertz CT molecular complexity index is 702. The van der Waals surface area contributed by atoms with Gasteiger partial charge in [-0.25, -0.2) is 4.98 Å². The molecule has 1 spiro atoms. The van der Waals surface area contributed by atoms with E-state index in [0.717, 1.165) is 75.8 Å². The Morgan fingerprint density at radius 2 is 2.00 bits per heavy atom. The van der Waals surface area contributed by atoms with Crippen molar-refractivity contribution in [1.82, 2.24) is 9.88 Å². The van der Waals surface area contributed by atoms with Crippen LogP contribution in [0.4, 0.5) is 5.69 Å². The van der Waals surface area contributed by atoms with Crippen molar-refractivity contribution in [2.24, 2.45) is 5.41 Å². The average Bonchev–Trinajstić information content (AvgIpc) is 2.98. The second kappa shape index (κ2) is 7.30. The number of piperidine rings is 1. The molecule has 3 aliphatic rings. The van der Waals surface area contributed by atoms with Gasteiger partial charge in [-0.15, -0.1) is 0 Å². The van der Waals surface area contributed by atoms with Gasteiger partial charge < -0.3 is 19.6 Å². The van der Waals surface area contributed by atoms with Gasteiger partial charge in [0.15, 0.2) is 0 Å². The minimum atomic E-state index is -0.249. The van der Waals surface area contributed by atoms with Crippen LogP contribution in [0.15, 0.2) is 12.3 Å². The van der Waals surface area contributed by atoms with E-state index in [0.29, 0.717) is 17.8 Å². The average molecular weight is 373 g/mol. The van der Waals surface area contributed by atoms with Crippen molar-refractivity contribution in [2.45, 2.75) is 64.0 Å². The van der Waals surface area contributed by atoms with Gasteiger partial charge in [-0.2, -0.15) is 0 Å². The van der Waals surface area contributed by atoms with Gasteiger partial charge in [0.2, 0.25) is 11.8 Å². The predicted molar refractivity (Wildman–Crippen MR) is 104 cm³/mol. The van der Waals surface area contributed by atoms with Crippen molar-refractivity contribution < 1.29 is 14.6 Å². The molecule has 0 aromatic carbocycles. The topological polar surface area (TPSA) is 65.9 Å². The number of aliphatic hydroxyl groups is 1. The van der Waals surface area contributed by atoms with Crippen LogP contribution >= 0.6 is 0 Å². The van der Waals surface area contributed by atoms with E-state index in [-0.39, 0.29) is 11.5 Å². The van der Waals surface area contributed by atoms with Gasteiger partial charge in [0, 0.05) is 31.7 Å². The summed E-state index contributed by atoms with van der Waals surface area (Å²) in [6.45, 7) is 4.70. The Hall–Kier alpha value is -1.82. The summed E-state index contributed by atoms with van der Waals surface area (Å²) in [6.07, 6.45) is 8.20. The molecule has 0 radical (unpaired) electrons. The van der Waals surface area contributed by atoms with Crippen LogP contribution in [0.1, 0.15) is 50.5 Å². The Labute approximate surface area is 161 Å². The predicted octanol–water partition coefficient (Wildman–Crippen LogP) is 2.52. The molecular formula is C21H31N3O3. The summed E-state index contributed by atoms with van der Waals surface area (Å²) in [5.41, 5.74) is 2.00. The second-order valence-electron chi connectivity index (χ2n) is 8.53. The zero-order valence-corrected chi connectivity index (χ0v) is 16.5. The van der Waals surface area contributed by atoms with Crippen LogP contribution in [-0.4, -0.2) is 59.8 Å². The molecule has 0 unspecified atom stereocenters. The summed E-state index contributed by atoms with van der Waals surface area (Å²) in [4.78, 5) is 22.3. The van der Waals surface area contributed by atoms with Crippen LogP contribution in [0.25, 0.3) is 0 Å². The van der Waals surface area contributed by atoms with Crippen molar-refractivity contribution in [1.29, 1.82) is 0 Å². The number of anilines is 1. The maximum Gasteiger partial charge on any atom is 0.230 e. The fourth-order valence-electron chi connectivity index (χ4n) is 5.25. The SMILES string of the molecule is COc1cc(C)c(N2CCC[C@@]3(CCN(C4CCC(O)CC4)C3=O)C2)cn1. The lowest BCUT2D eigenvalue weighted by Crippen LogP contribution is -2.50. The van der Waals surface area contributed by atoms with E-state index >= 15 is 0 Å². The number of rotatable bonds is 3. The Morgan fingerprint density at radius 3 is 2.70 bits per heavy atom. The summed E-state index contributed by atoms with van der Waals surface area (Å²) >= 11 is 0.